The fourth-order valence-corrected chi connectivity index (χ4v) is 9.69. The van der Waals surface area contributed by atoms with Crippen molar-refractivity contribution >= 4 is 66.2 Å². The van der Waals surface area contributed by atoms with Crippen LogP contribution in [0.1, 0.15) is 29.5 Å². The molecule has 0 N–H and O–H groups in total. The Labute approximate surface area is 257 Å². The van der Waals surface area contributed by atoms with Crippen molar-refractivity contribution in [1.82, 2.24) is 19.5 Å². The molecule has 1 aliphatic carbocycles. The van der Waals surface area contributed by atoms with Gasteiger partial charge in [-0.05, 0) is 71.6 Å². The molecule has 1 aromatic carbocycles. The minimum Gasteiger partial charge on any atom is -0.467 e. The maximum absolute atomic E-state index is 14.3. The molecule has 42 heavy (non-hydrogen) atoms. The van der Waals surface area contributed by atoms with Gasteiger partial charge < -0.3 is 4.42 Å². The van der Waals surface area contributed by atoms with Gasteiger partial charge in [-0.3, -0.25) is 9.36 Å². The standard InChI is InChI=1S/C32H24N4O2S4/c1-18-9-10-22-24(14-18)41-30-26(22)31(37)36(15-21-8-5-12-38-21)32(35-30)42-29-25-23(19-6-3-2-4-7-19)17-40-28(25)33-27(34-29)20-11-13-39-16-20/h2-8,11-13,16-18H,9-10,14-15H2,1H3. The van der Waals surface area contributed by atoms with Gasteiger partial charge in [-0.1, -0.05) is 37.3 Å². The van der Waals surface area contributed by atoms with E-state index in [4.69, 9.17) is 19.4 Å². The van der Waals surface area contributed by atoms with Gasteiger partial charge in [0.1, 0.15) is 20.4 Å². The first-order valence-electron chi connectivity index (χ1n) is 13.7. The van der Waals surface area contributed by atoms with E-state index in [1.54, 1.807) is 44.8 Å². The van der Waals surface area contributed by atoms with E-state index in [-0.39, 0.29) is 5.56 Å². The molecule has 0 spiro atoms. The van der Waals surface area contributed by atoms with Crippen LogP contribution in [0, 0.1) is 5.92 Å². The molecule has 0 saturated carbocycles. The predicted octanol–water partition coefficient (Wildman–Crippen LogP) is 8.78. The molecule has 0 aliphatic heterocycles. The number of nitrogens with zero attached hydrogens (tertiary/aromatic N) is 4. The Balaban J connectivity index is 1.35. The van der Waals surface area contributed by atoms with Gasteiger partial charge in [0.15, 0.2) is 11.0 Å². The van der Waals surface area contributed by atoms with Gasteiger partial charge in [-0.15, -0.1) is 22.7 Å². The molecule has 6 heterocycles. The van der Waals surface area contributed by atoms with Crippen molar-refractivity contribution in [2.24, 2.45) is 5.92 Å². The number of benzene rings is 1. The number of fused-ring (bicyclic) bond motifs is 4. The van der Waals surface area contributed by atoms with Crippen LogP contribution in [0.5, 0.6) is 0 Å². The lowest BCUT2D eigenvalue weighted by Gasteiger charge is -2.17. The summed E-state index contributed by atoms with van der Waals surface area (Å²) >= 11 is 6.35. The molecule has 0 saturated heterocycles. The zero-order valence-corrected chi connectivity index (χ0v) is 25.8. The topological polar surface area (TPSA) is 73.8 Å². The third kappa shape index (κ3) is 4.53. The number of aromatic nitrogens is 4. The van der Waals surface area contributed by atoms with Gasteiger partial charge in [-0.25, -0.2) is 15.0 Å². The Kier molecular flexibility index (Phi) is 6.59. The fraction of sp³-hybridized carbons (Fsp3) is 0.188. The first-order valence-corrected chi connectivity index (χ1v) is 17.2. The van der Waals surface area contributed by atoms with E-state index in [1.807, 2.05) is 41.8 Å². The molecular weight excluding hydrogens is 601 g/mol. The van der Waals surface area contributed by atoms with Crippen molar-refractivity contribution in [2.75, 3.05) is 0 Å². The van der Waals surface area contributed by atoms with Crippen LogP contribution in [-0.2, 0) is 19.4 Å². The van der Waals surface area contributed by atoms with E-state index in [9.17, 15) is 4.79 Å². The van der Waals surface area contributed by atoms with Gasteiger partial charge in [0.2, 0.25) is 0 Å². The summed E-state index contributed by atoms with van der Waals surface area (Å²) < 4.78 is 7.47. The Morgan fingerprint density at radius 1 is 1.00 bits per heavy atom. The SMILES string of the molecule is CC1CCc2c(sc3nc(Sc4nc(-c5ccsc5)nc5scc(-c6ccccc6)c45)n(Cc4ccco4)c(=O)c23)C1. The Bertz CT molecular complexity index is 2110. The number of hydrogen-bond acceptors (Lipinski definition) is 9. The lowest BCUT2D eigenvalue weighted by molar-refractivity contribution is 0.476. The lowest BCUT2D eigenvalue weighted by atomic mass is 9.89. The van der Waals surface area contributed by atoms with Gasteiger partial charge in [0, 0.05) is 26.8 Å². The molecule has 208 valence electrons. The first kappa shape index (κ1) is 26.1. The molecule has 0 bridgehead atoms. The number of furan rings is 1. The highest BCUT2D eigenvalue weighted by atomic mass is 32.2. The highest BCUT2D eigenvalue weighted by Gasteiger charge is 2.26. The maximum atomic E-state index is 14.3. The quantitative estimate of drug-likeness (QED) is 0.136. The molecule has 1 atom stereocenters. The van der Waals surface area contributed by atoms with E-state index in [1.165, 1.54) is 22.2 Å². The molecule has 1 unspecified atom stereocenters. The average molecular weight is 625 g/mol. The molecule has 10 heteroatoms. The first-order chi connectivity index (χ1) is 20.6. The second kappa shape index (κ2) is 10.6. The average Bonchev–Trinajstić information content (AvgIpc) is 3.81. The molecule has 6 aromatic heterocycles. The summed E-state index contributed by atoms with van der Waals surface area (Å²) in [5.41, 5.74) is 4.34. The number of aryl methyl sites for hydroxylation is 1. The van der Waals surface area contributed by atoms with E-state index in [0.29, 0.717) is 29.2 Å². The molecule has 0 amide bonds. The third-order valence-corrected chi connectivity index (χ3v) is 11.4. The molecule has 6 nitrogen and oxygen atoms in total. The normalized spacial score (nSPS) is 15.0. The van der Waals surface area contributed by atoms with Crippen molar-refractivity contribution in [2.45, 2.75) is 42.9 Å². The zero-order valence-electron chi connectivity index (χ0n) is 22.6. The van der Waals surface area contributed by atoms with E-state index < -0.39 is 0 Å². The summed E-state index contributed by atoms with van der Waals surface area (Å²) in [6, 6.07) is 16.1. The summed E-state index contributed by atoms with van der Waals surface area (Å²) in [7, 11) is 0. The lowest BCUT2D eigenvalue weighted by Crippen LogP contribution is -2.24. The number of hydrogen-bond donors (Lipinski definition) is 0. The molecule has 0 fully saturated rings. The van der Waals surface area contributed by atoms with Crippen LogP contribution in [-0.4, -0.2) is 19.5 Å². The predicted molar refractivity (Wildman–Crippen MR) is 173 cm³/mol. The van der Waals surface area contributed by atoms with Crippen LogP contribution < -0.4 is 5.56 Å². The third-order valence-electron chi connectivity index (χ3n) is 7.73. The van der Waals surface area contributed by atoms with Crippen molar-refractivity contribution < 1.29 is 4.42 Å². The van der Waals surface area contributed by atoms with Crippen molar-refractivity contribution in [3.63, 3.8) is 0 Å². The van der Waals surface area contributed by atoms with Gasteiger partial charge in [0.25, 0.3) is 5.56 Å². The van der Waals surface area contributed by atoms with Crippen molar-refractivity contribution in [1.29, 1.82) is 0 Å². The number of rotatable bonds is 6. The number of thiophene rings is 3. The van der Waals surface area contributed by atoms with Crippen LogP contribution in [0.15, 0.2) is 90.3 Å². The summed E-state index contributed by atoms with van der Waals surface area (Å²) in [5, 5.41) is 9.40. The smallest absolute Gasteiger partial charge is 0.263 e. The highest BCUT2D eigenvalue weighted by Crippen LogP contribution is 2.42. The molecular formula is C32H24N4O2S4. The summed E-state index contributed by atoms with van der Waals surface area (Å²) in [4.78, 5) is 32.6. The van der Waals surface area contributed by atoms with Gasteiger partial charge in [0.05, 0.1) is 23.6 Å². The molecule has 1 aliphatic rings. The highest BCUT2D eigenvalue weighted by molar-refractivity contribution is 7.99. The fourth-order valence-electron chi connectivity index (χ4n) is 5.60. The second-order valence-corrected chi connectivity index (χ2v) is 14.2. The van der Waals surface area contributed by atoms with Gasteiger partial charge in [-0.2, -0.15) is 11.3 Å². The Morgan fingerprint density at radius 2 is 1.90 bits per heavy atom. The van der Waals surface area contributed by atoms with Crippen LogP contribution in [0.2, 0.25) is 0 Å². The molecule has 8 rings (SSSR count). The zero-order chi connectivity index (χ0) is 28.2. The maximum Gasteiger partial charge on any atom is 0.263 e. The van der Waals surface area contributed by atoms with E-state index >= 15 is 0 Å². The van der Waals surface area contributed by atoms with E-state index in [0.717, 1.165) is 61.4 Å². The van der Waals surface area contributed by atoms with Crippen LogP contribution in [0.3, 0.4) is 0 Å². The summed E-state index contributed by atoms with van der Waals surface area (Å²) in [6.07, 6.45) is 4.66. The van der Waals surface area contributed by atoms with Crippen LogP contribution in [0.4, 0.5) is 0 Å². The minimum atomic E-state index is -0.0112. The minimum absolute atomic E-state index is 0.0112. The Morgan fingerprint density at radius 3 is 2.71 bits per heavy atom. The van der Waals surface area contributed by atoms with E-state index in [2.05, 4.69) is 29.8 Å². The van der Waals surface area contributed by atoms with Crippen LogP contribution in [0.25, 0.3) is 42.9 Å². The van der Waals surface area contributed by atoms with Crippen molar-refractivity contribution in [3.05, 3.63) is 97.5 Å². The monoisotopic (exact) mass is 624 g/mol. The summed E-state index contributed by atoms with van der Waals surface area (Å²) in [5.74, 6) is 2.00. The largest absolute Gasteiger partial charge is 0.467 e. The Hall–Kier alpha value is -3.57. The molecule has 0 radical (unpaired) electrons. The molecule has 7 aromatic rings. The van der Waals surface area contributed by atoms with Crippen molar-refractivity contribution in [3.8, 4) is 22.5 Å². The second-order valence-electron chi connectivity index (χ2n) is 10.6. The summed E-state index contributed by atoms with van der Waals surface area (Å²) in [6.45, 7) is 2.59. The van der Waals surface area contributed by atoms with Crippen LogP contribution >= 0.6 is 45.8 Å². The van der Waals surface area contributed by atoms with Gasteiger partial charge >= 0.3 is 0 Å².